The molecule has 3 aromatic carbocycles. The highest BCUT2D eigenvalue weighted by molar-refractivity contribution is 7.92. The lowest BCUT2D eigenvalue weighted by atomic mass is 10.1. The van der Waals surface area contributed by atoms with Crippen molar-refractivity contribution < 1.29 is 8.42 Å². The van der Waals surface area contributed by atoms with Gasteiger partial charge in [0.1, 0.15) is 0 Å². The lowest BCUT2D eigenvalue weighted by molar-refractivity contribution is 0.601. The third kappa shape index (κ3) is 4.87. The molecular weight excluding hydrogens is 446 g/mol. The number of piperazine rings is 1. The highest BCUT2D eigenvalue weighted by Crippen LogP contribution is 2.23. The first-order chi connectivity index (χ1) is 16.6. The zero-order valence-electron chi connectivity index (χ0n) is 18.6. The fourth-order valence-corrected chi connectivity index (χ4v) is 5.04. The van der Waals surface area contributed by atoms with Crippen molar-refractivity contribution in [3.63, 3.8) is 0 Å². The number of benzene rings is 3. The highest BCUT2D eigenvalue weighted by Gasteiger charge is 2.20. The van der Waals surface area contributed by atoms with Crippen molar-refractivity contribution in [2.24, 2.45) is 0 Å². The van der Waals surface area contributed by atoms with Crippen LogP contribution in [0, 0.1) is 0 Å². The predicted molar refractivity (Wildman–Crippen MR) is 136 cm³/mol. The maximum atomic E-state index is 12.8. The summed E-state index contributed by atoms with van der Waals surface area (Å²) >= 11 is 0. The van der Waals surface area contributed by atoms with Gasteiger partial charge in [-0.15, -0.1) is 0 Å². The van der Waals surface area contributed by atoms with E-state index in [1.807, 2.05) is 48.5 Å². The second kappa shape index (κ2) is 9.52. The van der Waals surface area contributed by atoms with Gasteiger partial charge in [0, 0.05) is 31.9 Å². The van der Waals surface area contributed by atoms with E-state index in [4.69, 9.17) is 0 Å². The minimum atomic E-state index is -3.74. The summed E-state index contributed by atoms with van der Waals surface area (Å²) in [5, 5.41) is 0. The Hall–Kier alpha value is -3.91. The van der Waals surface area contributed by atoms with Crippen LogP contribution in [0.4, 0.5) is 17.3 Å². The molecule has 1 N–H and O–H groups in total. The first kappa shape index (κ1) is 21.9. The number of nitrogens with one attached hydrogen (secondary N) is 1. The van der Waals surface area contributed by atoms with Gasteiger partial charge >= 0.3 is 0 Å². The molecule has 1 aliphatic rings. The normalized spacial score (nSPS) is 14.1. The Morgan fingerprint density at radius 1 is 0.647 bits per heavy atom. The van der Waals surface area contributed by atoms with E-state index in [9.17, 15) is 8.42 Å². The number of aromatic nitrogens is 2. The van der Waals surface area contributed by atoms with E-state index in [-0.39, 0.29) is 4.90 Å². The average Bonchev–Trinajstić information content (AvgIpc) is 2.90. The van der Waals surface area contributed by atoms with Crippen molar-refractivity contribution in [1.29, 1.82) is 0 Å². The standard InChI is InChI=1S/C26H25N5O2S/c32-34(33,25-13-11-22(12-14-25)21-7-3-1-4-8-21)29-23-19-27-26(28-20-23)31-17-15-30(16-18-31)24-9-5-2-6-10-24/h1-14,19-20,29H,15-18H2. The van der Waals surface area contributed by atoms with E-state index in [1.165, 1.54) is 18.1 Å². The number of para-hydroxylation sites is 1. The smallest absolute Gasteiger partial charge is 0.261 e. The van der Waals surface area contributed by atoms with Crippen LogP contribution in [0.1, 0.15) is 0 Å². The molecule has 1 aromatic heterocycles. The third-order valence-electron chi connectivity index (χ3n) is 5.85. The van der Waals surface area contributed by atoms with Crippen LogP contribution < -0.4 is 14.5 Å². The van der Waals surface area contributed by atoms with Crippen LogP contribution in [0.2, 0.25) is 0 Å². The molecule has 0 atom stereocenters. The van der Waals surface area contributed by atoms with Gasteiger partial charge < -0.3 is 9.80 Å². The van der Waals surface area contributed by atoms with Crippen molar-refractivity contribution in [1.82, 2.24) is 9.97 Å². The number of rotatable bonds is 6. The minimum absolute atomic E-state index is 0.188. The Morgan fingerprint density at radius 2 is 1.18 bits per heavy atom. The second-order valence-corrected chi connectivity index (χ2v) is 9.76. The van der Waals surface area contributed by atoms with Crippen molar-refractivity contribution in [2.75, 3.05) is 40.7 Å². The Balaban J connectivity index is 1.22. The number of sulfonamides is 1. The molecule has 172 valence electrons. The molecule has 5 rings (SSSR count). The van der Waals surface area contributed by atoms with Gasteiger partial charge in [0.05, 0.1) is 23.0 Å². The van der Waals surface area contributed by atoms with Crippen LogP contribution >= 0.6 is 0 Å². The Kier molecular flexibility index (Phi) is 6.14. The third-order valence-corrected chi connectivity index (χ3v) is 7.24. The maximum Gasteiger partial charge on any atom is 0.261 e. The maximum absolute atomic E-state index is 12.8. The summed E-state index contributed by atoms with van der Waals surface area (Å²) in [7, 11) is -3.74. The predicted octanol–water partition coefficient (Wildman–Crippen LogP) is 4.27. The minimum Gasteiger partial charge on any atom is -0.368 e. The van der Waals surface area contributed by atoms with Gasteiger partial charge in [-0.1, -0.05) is 60.7 Å². The van der Waals surface area contributed by atoms with Crippen LogP contribution in [0.5, 0.6) is 0 Å². The number of nitrogens with zero attached hydrogens (tertiary/aromatic N) is 4. The summed E-state index contributed by atoms with van der Waals surface area (Å²) in [4.78, 5) is 13.4. The van der Waals surface area contributed by atoms with Gasteiger partial charge in [-0.05, 0) is 35.4 Å². The molecule has 0 spiro atoms. The summed E-state index contributed by atoms with van der Waals surface area (Å²) in [6, 6.07) is 27.0. The summed E-state index contributed by atoms with van der Waals surface area (Å²) in [5.41, 5.74) is 3.54. The van der Waals surface area contributed by atoms with Crippen LogP contribution in [0.3, 0.4) is 0 Å². The molecule has 0 bridgehead atoms. The van der Waals surface area contributed by atoms with Gasteiger partial charge in [0.2, 0.25) is 5.95 Å². The average molecular weight is 472 g/mol. The SMILES string of the molecule is O=S(=O)(Nc1cnc(N2CCN(c3ccccc3)CC2)nc1)c1ccc(-c2ccccc2)cc1. The van der Waals surface area contributed by atoms with Crippen molar-refractivity contribution in [3.05, 3.63) is 97.3 Å². The van der Waals surface area contributed by atoms with Crippen LogP contribution in [0.15, 0.2) is 102 Å². The quantitative estimate of drug-likeness (QED) is 0.453. The van der Waals surface area contributed by atoms with E-state index in [0.29, 0.717) is 11.6 Å². The van der Waals surface area contributed by atoms with Gasteiger partial charge in [0.15, 0.2) is 0 Å². The summed E-state index contributed by atoms with van der Waals surface area (Å²) in [6.07, 6.45) is 3.03. The molecule has 4 aromatic rings. The van der Waals surface area contributed by atoms with Gasteiger partial charge in [-0.3, -0.25) is 4.72 Å². The van der Waals surface area contributed by atoms with E-state index in [2.05, 4.69) is 36.6 Å². The molecule has 0 amide bonds. The molecule has 0 aliphatic carbocycles. The molecular formula is C26H25N5O2S. The Labute approximate surface area is 199 Å². The topological polar surface area (TPSA) is 78.4 Å². The largest absolute Gasteiger partial charge is 0.368 e. The molecule has 34 heavy (non-hydrogen) atoms. The van der Waals surface area contributed by atoms with Gasteiger partial charge in [-0.25, -0.2) is 18.4 Å². The second-order valence-electron chi connectivity index (χ2n) is 8.08. The lowest BCUT2D eigenvalue weighted by Crippen LogP contribution is -2.47. The van der Waals surface area contributed by atoms with Crippen molar-refractivity contribution >= 4 is 27.3 Å². The first-order valence-electron chi connectivity index (χ1n) is 11.1. The van der Waals surface area contributed by atoms with Crippen LogP contribution in [0.25, 0.3) is 11.1 Å². The zero-order valence-corrected chi connectivity index (χ0v) is 19.4. The molecule has 1 fully saturated rings. The molecule has 8 heteroatoms. The zero-order chi connectivity index (χ0) is 23.4. The van der Waals surface area contributed by atoms with Gasteiger partial charge in [-0.2, -0.15) is 0 Å². The summed E-state index contributed by atoms with van der Waals surface area (Å²) in [6.45, 7) is 3.35. The van der Waals surface area contributed by atoms with E-state index in [0.717, 1.165) is 37.3 Å². The highest BCUT2D eigenvalue weighted by atomic mass is 32.2. The fraction of sp³-hybridized carbons (Fsp3) is 0.154. The molecule has 0 unspecified atom stereocenters. The van der Waals surface area contributed by atoms with Gasteiger partial charge in [0.25, 0.3) is 10.0 Å². The van der Waals surface area contributed by atoms with Crippen molar-refractivity contribution in [3.8, 4) is 11.1 Å². The molecule has 1 aliphatic heterocycles. The van der Waals surface area contributed by atoms with E-state index >= 15 is 0 Å². The summed E-state index contributed by atoms with van der Waals surface area (Å²) < 4.78 is 28.2. The molecule has 0 radical (unpaired) electrons. The van der Waals surface area contributed by atoms with Crippen molar-refractivity contribution in [2.45, 2.75) is 4.90 Å². The Morgan fingerprint density at radius 3 is 1.79 bits per heavy atom. The Bertz CT molecular complexity index is 1320. The first-order valence-corrected chi connectivity index (χ1v) is 12.6. The monoisotopic (exact) mass is 471 g/mol. The number of hydrogen-bond donors (Lipinski definition) is 1. The number of hydrogen-bond acceptors (Lipinski definition) is 6. The molecule has 2 heterocycles. The van der Waals surface area contributed by atoms with Crippen LogP contribution in [-0.4, -0.2) is 44.6 Å². The molecule has 7 nitrogen and oxygen atoms in total. The lowest BCUT2D eigenvalue weighted by Gasteiger charge is -2.36. The van der Waals surface area contributed by atoms with E-state index < -0.39 is 10.0 Å². The number of anilines is 3. The fourth-order valence-electron chi connectivity index (χ4n) is 4.01. The molecule has 1 saturated heterocycles. The summed E-state index contributed by atoms with van der Waals surface area (Å²) in [5.74, 6) is 0.600. The molecule has 0 saturated carbocycles. The van der Waals surface area contributed by atoms with E-state index in [1.54, 1.807) is 24.3 Å². The van der Waals surface area contributed by atoms with Crippen LogP contribution in [-0.2, 0) is 10.0 Å².